The number of hydrogen-bond donors (Lipinski definition) is 1. The number of H-pyrrole nitrogens is 1. The van der Waals surface area contributed by atoms with Crippen molar-refractivity contribution in [1.82, 2.24) is 14.8 Å². The monoisotopic (exact) mass is 373 g/mol. The molecule has 6 nitrogen and oxygen atoms in total. The minimum absolute atomic E-state index is 0.230. The summed E-state index contributed by atoms with van der Waals surface area (Å²) in [5.41, 5.74) is 0.898. The van der Waals surface area contributed by atoms with Crippen LogP contribution in [0.2, 0.25) is 0 Å². The second-order valence-electron chi connectivity index (χ2n) is 6.85. The number of aromatic amines is 1. The zero-order chi connectivity index (χ0) is 19.4. The van der Waals surface area contributed by atoms with Gasteiger partial charge in [-0.2, -0.15) is 0 Å². The van der Waals surface area contributed by atoms with E-state index in [0.717, 1.165) is 19.3 Å². The largest absolute Gasteiger partial charge is 0.350 e. The number of piperazine rings is 1. The van der Waals surface area contributed by atoms with E-state index in [9.17, 15) is 18.8 Å². The molecule has 1 aliphatic heterocycles. The van der Waals surface area contributed by atoms with Crippen LogP contribution in [0.15, 0.2) is 24.3 Å². The maximum atomic E-state index is 13.8. The van der Waals surface area contributed by atoms with E-state index in [-0.39, 0.29) is 23.9 Å². The quantitative estimate of drug-likeness (QED) is 0.625. The van der Waals surface area contributed by atoms with E-state index in [1.165, 1.54) is 17.0 Å². The minimum Gasteiger partial charge on any atom is -0.350 e. The number of carbonyl (C=O) groups excluding carboxylic acids is 3. The normalized spacial score (nSPS) is 14.6. The number of nitrogens with zero attached hydrogens (tertiary/aromatic N) is 2. The first-order valence-electron chi connectivity index (χ1n) is 9.40. The average molecular weight is 373 g/mol. The fraction of sp³-hybridized carbons (Fsp3) is 0.450. The highest BCUT2D eigenvalue weighted by molar-refractivity contribution is 6.36. The third-order valence-corrected chi connectivity index (χ3v) is 4.94. The number of carbonyl (C=O) groups is 3. The van der Waals surface area contributed by atoms with Gasteiger partial charge in [0.05, 0.1) is 0 Å². The van der Waals surface area contributed by atoms with E-state index in [1.54, 1.807) is 17.0 Å². The first kappa shape index (κ1) is 19.1. The molecular weight excluding hydrogens is 349 g/mol. The highest BCUT2D eigenvalue weighted by Gasteiger charge is 2.28. The third-order valence-electron chi connectivity index (χ3n) is 4.94. The van der Waals surface area contributed by atoms with E-state index in [0.29, 0.717) is 42.8 Å². The molecular formula is C20H24FN3O3. The molecule has 1 aromatic heterocycles. The molecule has 0 atom stereocenters. The van der Waals surface area contributed by atoms with Crippen LogP contribution in [0.4, 0.5) is 4.39 Å². The van der Waals surface area contributed by atoms with Crippen molar-refractivity contribution in [2.45, 2.75) is 32.6 Å². The fourth-order valence-electron chi connectivity index (χ4n) is 3.34. The van der Waals surface area contributed by atoms with Crippen LogP contribution in [0.25, 0.3) is 10.9 Å². The van der Waals surface area contributed by atoms with Crippen LogP contribution < -0.4 is 0 Å². The van der Waals surface area contributed by atoms with Crippen LogP contribution in [-0.4, -0.2) is 58.6 Å². The highest BCUT2D eigenvalue weighted by atomic mass is 19.1. The van der Waals surface area contributed by atoms with Gasteiger partial charge in [0.25, 0.3) is 11.8 Å². The number of halogens is 1. The predicted octanol–water partition coefficient (Wildman–Crippen LogP) is 2.74. The molecule has 0 bridgehead atoms. The van der Waals surface area contributed by atoms with Gasteiger partial charge in [-0.3, -0.25) is 14.4 Å². The Kier molecular flexibility index (Phi) is 5.88. The predicted molar refractivity (Wildman–Crippen MR) is 99.9 cm³/mol. The van der Waals surface area contributed by atoms with Gasteiger partial charge in [0.15, 0.2) is 0 Å². The molecule has 0 aliphatic carbocycles. The van der Waals surface area contributed by atoms with Gasteiger partial charge < -0.3 is 14.8 Å². The Morgan fingerprint density at radius 1 is 1.07 bits per heavy atom. The molecule has 3 rings (SSSR count). The zero-order valence-corrected chi connectivity index (χ0v) is 15.5. The topological polar surface area (TPSA) is 73.5 Å². The smallest absolute Gasteiger partial charge is 0.290 e. The van der Waals surface area contributed by atoms with Crippen LogP contribution in [0.1, 0.15) is 43.1 Å². The van der Waals surface area contributed by atoms with Gasteiger partial charge in [-0.25, -0.2) is 4.39 Å². The van der Waals surface area contributed by atoms with Crippen molar-refractivity contribution in [3.8, 4) is 0 Å². The van der Waals surface area contributed by atoms with Crippen LogP contribution in [0, 0.1) is 5.82 Å². The van der Waals surface area contributed by atoms with Gasteiger partial charge in [0.2, 0.25) is 5.78 Å². The molecule has 1 saturated heterocycles. The Morgan fingerprint density at radius 3 is 2.44 bits per heavy atom. The van der Waals surface area contributed by atoms with E-state index in [1.807, 2.05) is 6.92 Å². The van der Waals surface area contributed by atoms with Crippen molar-refractivity contribution >= 4 is 28.5 Å². The Labute approximate surface area is 157 Å². The summed E-state index contributed by atoms with van der Waals surface area (Å²) in [4.78, 5) is 42.9. The summed E-state index contributed by atoms with van der Waals surface area (Å²) < 4.78 is 13.8. The minimum atomic E-state index is -0.453. The van der Waals surface area contributed by atoms with E-state index < -0.39 is 5.91 Å². The summed E-state index contributed by atoms with van der Waals surface area (Å²) in [5.74, 6) is -1.41. The molecule has 1 aliphatic rings. The molecule has 0 radical (unpaired) electrons. The van der Waals surface area contributed by atoms with Crippen molar-refractivity contribution < 1.29 is 18.8 Å². The number of aromatic nitrogens is 1. The lowest BCUT2D eigenvalue weighted by atomic mass is 10.1. The van der Waals surface area contributed by atoms with Gasteiger partial charge >= 0.3 is 0 Å². The summed E-state index contributed by atoms with van der Waals surface area (Å²) in [6.45, 7) is 3.41. The zero-order valence-electron chi connectivity index (χ0n) is 15.5. The number of benzene rings is 1. The maximum absolute atomic E-state index is 13.8. The summed E-state index contributed by atoms with van der Waals surface area (Å²) >= 11 is 0. The number of ketones is 1. The van der Waals surface area contributed by atoms with Crippen LogP contribution in [0.5, 0.6) is 0 Å². The highest BCUT2D eigenvalue weighted by Crippen LogP contribution is 2.20. The molecule has 1 aromatic carbocycles. The van der Waals surface area contributed by atoms with Gasteiger partial charge in [-0.05, 0) is 24.6 Å². The number of Topliss-reactive ketones (excluding diaryl/α,β-unsaturated/α-hetero) is 1. The van der Waals surface area contributed by atoms with Crippen molar-refractivity contribution in [3.63, 3.8) is 0 Å². The molecule has 2 aromatic rings. The van der Waals surface area contributed by atoms with Crippen LogP contribution in [-0.2, 0) is 9.59 Å². The lowest BCUT2D eigenvalue weighted by Crippen LogP contribution is -2.52. The standard InChI is InChI=1S/C20H24FN3O3/c1-2-3-4-8-18(25)20(27)24-11-9-23(10-12-24)19(26)17-13-14-15(21)6-5-7-16(14)22-17/h5-7,13,22H,2-4,8-12H2,1H3. The van der Waals surface area contributed by atoms with Gasteiger partial charge in [-0.1, -0.05) is 25.8 Å². The first-order valence-corrected chi connectivity index (χ1v) is 9.40. The molecule has 1 N–H and O–H groups in total. The number of hydrogen-bond acceptors (Lipinski definition) is 3. The van der Waals surface area contributed by atoms with Crippen LogP contribution >= 0.6 is 0 Å². The van der Waals surface area contributed by atoms with E-state index in [2.05, 4.69) is 4.98 Å². The van der Waals surface area contributed by atoms with Crippen molar-refractivity contribution in [2.24, 2.45) is 0 Å². The lowest BCUT2D eigenvalue weighted by Gasteiger charge is -2.34. The molecule has 1 fully saturated rings. The lowest BCUT2D eigenvalue weighted by molar-refractivity contribution is -0.145. The number of nitrogens with one attached hydrogen (secondary N) is 1. The van der Waals surface area contributed by atoms with Gasteiger partial charge in [0.1, 0.15) is 11.5 Å². The van der Waals surface area contributed by atoms with Gasteiger partial charge in [-0.15, -0.1) is 0 Å². The summed E-state index contributed by atoms with van der Waals surface area (Å²) in [6.07, 6.45) is 2.95. The van der Waals surface area contributed by atoms with Crippen molar-refractivity contribution in [2.75, 3.05) is 26.2 Å². The number of fused-ring (bicyclic) bond motifs is 1. The Morgan fingerprint density at radius 2 is 1.78 bits per heavy atom. The summed E-state index contributed by atoms with van der Waals surface area (Å²) in [7, 11) is 0. The molecule has 0 spiro atoms. The molecule has 27 heavy (non-hydrogen) atoms. The molecule has 2 heterocycles. The second kappa shape index (κ2) is 8.33. The second-order valence-corrected chi connectivity index (χ2v) is 6.85. The Balaban J connectivity index is 1.58. The third kappa shape index (κ3) is 4.18. The molecule has 0 saturated carbocycles. The van der Waals surface area contributed by atoms with Crippen LogP contribution in [0.3, 0.4) is 0 Å². The fourth-order valence-corrected chi connectivity index (χ4v) is 3.34. The Bertz CT molecular complexity index is 853. The first-order chi connectivity index (χ1) is 13.0. The molecule has 7 heteroatoms. The summed E-state index contributed by atoms with van der Waals surface area (Å²) in [5, 5.41) is 0.382. The average Bonchev–Trinajstić information content (AvgIpc) is 3.13. The van der Waals surface area contributed by atoms with Gasteiger partial charge in [0, 0.05) is 43.5 Å². The molecule has 0 unspecified atom stereocenters. The number of rotatable bonds is 6. The molecule has 144 valence electrons. The van der Waals surface area contributed by atoms with Crippen molar-refractivity contribution in [1.29, 1.82) is 0 Å². The SMILES string of the molecule is CCCCCC(=O)C(=O)N1CCN(C(=O)c2cc3c(F)cccc3[nH]2)CC1. The van der Waals surface area contributed by atoms with E-state index >= 15 is 0 Å². The Hall–Kier alpha value is -2.70. The summed E-state index contributed by atoms with van der Waals surface area (Å²) in [6, 6.07) is 6.17. The maximum Gasteiger partial charge on any atom is 0.290 e. The van der Waals surface area contributed by atoms with E-state index in [4.69, 9.17) is 0 Å². The van der Waals surface area contributed by atoms with Crippen molar-refractivity contribution in [3.05, 3.63) is 35.8 Å². The number of unbranched alkanes of at least 4 members (excludes halogenated alkanes) is 2. The molecule has 2 amide bonds. The number of amides is 2.